The van der Waals surface area contributed by atoms with E-state index in [-0.39, 0.29) is 6.03 Å². The van der Waals surface area contributed by atoms with Crippen LogP contribution in [0.4, 0.5) is 22.0 Å². The second-order valence-electron chi connectivity index (χ2n) is 8.82. The fraction of sp³-hybridized carbons (Fsp3) is 0.333. The summed E-state index contributed by atoms with van der Waals surface area (Å²) in [7, 11) is 3.35. The number of piperazine rings is 1. The quantitative estimate of drug-likeness (QED) is 0.475. The summed E-state index contributed by atoms with van der Waals surface area (Å²) >= 11 is 0. The lowest BCUT2D eigenvalue weighted by Crippen LogP contribution is -2.56. The molecule has 0 saturated carbocycles. The van der Waals surface area contributed by atoms with Gasteiger partial charge in [0, 0.05) is 38.9 Å². The van der Waals surface area contributed by atoms with Crippen molar-refractivity contribution < 1.29 is 19.1 Å². The van der Waals surface area contributed by atoms with Crippen molar-refractivity contribution in [3.8, 4) is 22.9 Å². The van der Waals surface area contributed by atoms with Gasteiger partial charge in [-0.05, 0) is 43.3 Å². The van der Waals surface area contributed by atoms with Crippen molar-refractivity contribution in [2.75, 3.05) is 61.6 Å². The van der Waals surface area contributed by atoms with Crippen LogP contribution in [0.1, 0.15) is 6.92 Å². The number of hydrogen-bond acceptors (Lipinski definition) is 8. The molecule has 3 aromatic rings. The lowest BCUT2D eigenvalue weighted by molar-refractivity contribution is -0.108. The number of amides is 2. The van der Waals surface area contributed by atoms with Crippen LogP contribution in [0.25, 0.3) is 11.4 Å². The maximum absolute atomic E-state index is 13.6. The summed E-state index contributed by atoms with van der Waals surface area (Å²) < 4.78 is 11.0. The highest BCUT2D eigenvalue weighted by atomic mass is 16.5. The number of benzene rings is 2. The predicted molar refractivity (Wildman–Crippen MR) is 142 cm³/mol. The molecule has 0 bridgehead atoms. The van der Waals surface area contributed by atoms with E-state index in [9.17, 15) is 9.59 Å². The molecule has 10 heteroatoms. The molecular weight excluding hydrogens is 472 g/mol. The van der Waals surface area contributed by atoms with Gasteiger partial charge < -0.3 is 24.2 Å². The van der Waals surface area contributed by atoms with Crippen LogP contribution in [0.5, 0.6) is 11.5 Å². The third-order valence-electron chi connectivity index (χ3n) is 6.74. The Labute approximate surface area is 216 Å². The zero-order valence-corrected chi connectivity index (χ0v) is 21.2. The lowest BCUT2D eigenvalue weighted by Gasteiger charge is -2.38. The normalized spacial score (nSPS) is 17.0. The average Bonchev–Trinajstić information content (AvgIpc) is 3.24. The Morgan fingerprint density at radius 2 is 1.81 bits per heavy atom. The average molecular weight is 503 g/mol. The first-order valence-electron chi connectivity index (χ1n) is 12.3. The molecule has 3 heterocycles. The predicted octanol–water partition coefficient (Wildman–Crippen LogP) is 3.27. The molecule has 1 unspecified atom stereocenters. The van der Waals surface area contributed by atoms with Crippen LogP contribution < -0.4 is 24.2 Å². The third-order valence-corrected chi connectivity index (χ3v) is 6.74. The third kappa shape index (κ3) is 4.50. The van der Waals surface area contributed by atoms with E-state index in [2.05, 4.69) is 9.88 Å². The Morgan fingerprint density at radius 1 is 1.08 bits per heavy atom. The summed E-state index contributed by atoms with van der Waals surface area (Å²) in [6.45, 7) is 5.03. The first-order valence-corrected chi connectivity index (χ1v) is 12.3. The van der Waals surface area contributed by atoms with Crippen molar-refractivity contribution >= 4 is 29.5 Å². The Balaban J connectivity index is 1.34. The number of para-hydroxylation sites is 1. The van der Waals surface area contributed by atoms with E-state index in [1.54, 1.807) is 30.2 Å². The van der Waals surface area contributed by atoms with Crippen LogP contribution in [-0.2, 0) is 4.79 Å². The molecule has 2 aliphatic heterocycles. The molecule has 0 N–H and O–H groups in total. The van der Waals surface area contributed by atoms with E-state index in [0.717, 1.165) is 23.3 Å². The molecule has 0 spiro atoms. The Bertz CT molecular complexity index is 1280. The highest BCUT2D eigenvalue weighted by molar-refractivity contribution is 6.03. The number of rotatable bonds is 6. The zero-order valence-electron chi connectivity index (χ0n) is 21.2. The summed E-state index contributed by atoms with van der Waals surface area (Å²) in [6, 6.07) is 15.2. The molecule has 0 aliphatic carbocycles. The van der Waals surface area contributed by atoms with Gasteiger partial charge in [-0.25, -0.2) is 14.8 Å². The molecule has 37 heavy (non-hydrogen) atoms. The second kappa shape index (κ2) is 10.3. The monoisotopic (exact) mass is 502 g/mol. The number of urea groups is 1. The van der Waals surface area contributed by atoms with Gasteiger partial charge in [0.05, 0.1) is 25.5 Å². The van der Waals surface area contributed by atoms with Gasteiger partial charge in [0.15, 0.2) is 24.1 Å². The lowest BCUT2D eigenvalue weighted by atomic mass is 10.2. The van der Waals surface area contributed by atoms with Gasteiger partial charge in [-0.3, -0.25) is 9.69 Å². The molecule has 5 rings (SSSR count). The van der Waals surface area contributed by atoms with Gasteiger partial charge in [-0.1, -0.05) is 12.1 Å². The molecule has 192 valence electrons. The summed E-state index contributed by atoms with van der Waals surface area (Å²) in [4.78, 5) is 42.2. The van der Waals surface area contributed by atoms with Gasteiger partial charge >= 0.3 is 6.03 Å². The Hall–Kier alpha value is -4.34. The van der Waals surface area contributed by atoms with Gasteiger partial charge in [-0.2, -0.15) is 0 Å². The van der Waals surface area contributed by atoms with E-state index in [0.29, 0.717) is 55.9 Å². The number of fused-ring (bicyclic) bond motifs is 1. The highest BCUT2D eigenvalue weighted by Gasteiger charge is 2.41. The van der Waals surface area contributed by atoms with E-state index < -0.39 is 6.17 Å². The molecule has 1 fully saturated rings. The minimum Gasteiger partial charge on any atom is -0.496 e. The summed E-state index contributed by atoms with van der Waals surface area (Å²) in [5.41, 5.74) is 2.33. The van der Waals surface area contributed by atoms with Gasteiger partial charge in [-0.15, -0.1) is 0 Å². The topological polar surface area (TPSA) is 91.3 Å². The van der Waals surface area contributed by atoms with Crippen LogP contribution >= 0.6 is 0 Å². The SMILES string of the molecule is CCOc1ccc(N2CCN(C(=O)N3c4cnc(-c5ccccc5OC)nc4N(C)C3C=O)CC2)cc1. The molecule has 1 saturated heterocycles. The largest absolute Gasteiger partial charge is 0.496 e. The maximum atomic E-state index is 13.6. The van der Waals surface area contributed by atoms with Crippen molar-refractivity contribution in [2.45, 2.75) is 13.1 Å². The molecule has 1 aromatic heterocycles. The number of methoxy groups -OCH3 is 1. The van der Waals surface area contributed by atoms with Crippen LogP contribution in [0.3, 0.4) is 0 Å². The number of nitrogens with zero attached hydrogens (tertiary/aromatic N) is 6. The van der Waals surface area contributed by atoms with E-state index >= 15 is 0 Å². The minimum atomic E-state index is -0.797. The minimum absolute atomic E-state index is 0.234. The summed E-state index contributed by atoms with van der Waals surface area (Å²) in [5.74, 6) is 2.47. The number of hydrogen-bond donors (Lipinski definition) is 0. The van der Waals surface area contributed by atoms with Gasteiger partial charge in [0.2, 0.25) is 0 Å². The molecular formula is C27H30N6O4. The molecule has 2 aromatic carbocycles. The van der Waals surface area contributed by atoms with Gasteiger partial charge in [0.25, 0.3) is 0 Å². The standard InChI is InChI=1S/C27H30N6O4/c1-4-37-20-11-9-19(10-12-20)31-13-15-32(16-14-31)27(35)33-22-17-28-25(21-7-5-6-8-23(21)36-3)29-26(22)30(2)24(33)18-34/h5-12,17-18,24H,4,13-16H2,1-3H3. The van der Waals surface area contributed by atoms with Crippen LogP contribution in [0.15, 0.2) is 54.7 Å². The fourth-order valence-corrected chi connectivity index (χ4v) is 4.79. The smallest absolute Gasteiger partial charge is 0.326 e. The van der Waals surface area contributed by atoms with Crippen LogP contribution in [0.2, 0.25) is 0 Å². The van der Waals surface area contributed by atoms with E-state index in [4.69, 9.17) is 14.5 Å². The Kier molecular flexibility index (Phi) is 6.80. The highest BCUT2D eigenvalue weighted by Crippen LogP contribution is 2.39. The molecule has 1 atom stereocenters. The van der Waals surface area contributed by atoms with Crippen molar-refractivity contribution in [3.63, 3.8) is 0 Å². The maximum Gasteiger partial charge on any atom is 0.326 e. The number of carbonyl (C=O) groups excluding carboxylic acids is 2. The molecule has 0 radical (unpaired) electrons. The van der Waals surface area contributed by atoms with Crippen molar-refractivity contribution in [3.05, 3.63) is 54.7 Å². The zero-order chi connectivity index (χ0) is 25.9. The second-order valence-corrected chi connectivity index (χ2v) is 8.82. The Morgan fingerprint density at radius 3 is 2.49 bits per heavy atom. The van der Waals surface area contributed by atoms with Crippen LogP contribution in [-0.4, -0.2) is 80.3 Å². The number of likely N-dealkylation sites (N-methyl/N-ethyl adjacent to an activating group) is 1. The number of aldehydes is 1. The van der Waals surface area contributed by atoms with Crippen LogP contribution in [0, 0.1) is 0 Å². The fourth-order valence-electron chi connectivity index (χ4n) is 4.79. The van der Waals surface area contributed by atoms with Gasteiger partial charge in [0.1, 0.15) is 17.2 Å². The first-order chi connectivity index (χ1) is 18.0. The first kappa shape index (κ1) is 24.4. The summed E-state index contributed by atoms with van der Waals surface area (Å²) in [5, 5.41) is 0. The number of carbonyl (C=O) groups is 2. The molecule has 2 amide bonds. The number of ether oxygens (including phenoxy) is 2. The van der Waals surface area contributed by atoms with E-state index in [1.165, 1.54) is 4.90 Å². The summed E-state index contributed by atoms with van der Waals surface area (Å²) in [6.07, 6.45) is 1.57. The molecule has 2 aliphatic rings. The van der Waals surface area contributed by atoms with Crippen molar-refractivity contribution in [1.29, 1.82) is 0 Å². The van der Waals surface area contributed by atoms with Crippen molar-refractivity contribution in [2.24, 2.45) is 0 Å². The van der Waals surface area contributed by atoms with E-state index in [1.807, 2.05) is 55.5 Å². The number of anilines is 3. The van der Waals surface area contributed by atoms with Crippen molar-refractivity contribution in [1.82, 2.24) is 14.9 Å². The number of aromatic nitrogens is 2. The molecule has 10 nitrogen and oxygen atoms in total.